The summed E-state index contributed by atoms with van der Waals surface area (Å²) in [5.41, 5.74) is 4.23. The average molecular weight is 541 g/mol. The van der Waals surface area contributed by atoms with Crippen molar-refractivity contribution in [2.75, 3.05) is 27.9 Å². The van der Waals surface area contributed by atoms with Gasteiger partial charge in [-0.1, -0.05) is 31.2 Å². The summed E-state index contributed by atoms with van der Waals surface area (Å²) in [5.74, 6) is -0.00893. The van der Waals surface area contributed by atoms with Gasteiger partial charge in [0.2, 0.25) is 0 Å². The highest BCUT2D eigenvalue weighted by Gasteiger charge is 2.46. The fraction of sp³-hybridized carbons (Fsp3) is 0.250. The molecule has 1 aromatic heterocycles. The highest BCUT2D eigenvalue weighted by molar-refractivity contribution is 6.46. The maximum absolute atomic E-state index is 13.5. The van der Waals surface area contributed by atoms with Crippen molar-refractivity contribution in [2.45, 2.75) is 25.8 Å². The number of aromatic amines is 1. The highest BCUT2D eigenvalue weighted by atomic mass is 16.5. The Balaban J connectivity index is 1.57. The Kier molecular flexibility index (Phi) is 7.51. The summed E-state index contributed by atoms with van der Waals surface area (Å²) in [6.45, 7) is 2.34. The summed E-state index contributed by atoms with van der Waals surface area (Å²) in [5, 5.41) is 12.4. The van der Waals surface area contributed by atoms with E-state index in [-0.39, 0.29) is 17.9 Å². The van der Waals surface area contributed by atoms with Crippen LogP contribution in [0.5, 0.6) is 17.2 Å². The minimum atomic E-state index is -0.751. The van der Waals surface area contributed by atoms with Gasteiger partial charge in [-0.3, -0.25) is 9.59 Å². The van der Waals surface area contributed by atoms with Gasteiger partial charge in [0.1, 0.15) is 11.5 Å². The van der Waals surface area contributed by atoms with E-state index in [1.54, 1.807) is 30.2 Å². The average Bonchev–Trinajstić information content (AvgIpc) is 3.52. The van der Waals surface area contributed by atoms with Crippen molar-refractivity contribution in [3.05, 3.63) is 94.7 Å². The number of carbonyl (C=O) groups is 2. The largest absolute Gasteiger partial charge is 0.507 e. The molecule has 3 aromatic carbocycles. The van der Waals surface area contributed by atoms with Gasteiger partial charge in [-0.15, -0.1) is 0 Å². The van der Waals surface area contributed by atoms with Crippen molar-refractivity contribution in [3.63, 3.8) is 0 Å². The normalized spacial score (nSPS) is 16.5. The summed E-state index contributed by atoms with van der Waals surface area (Å²) in [4.78, 5) is 31.8. The molecular formula is C32H32N2O6. The summed E-state index contributed by atoms with van der Waals surface area (Å²) in [6, 6.07) is 17.7. The van der Waals surface area contributed by atoms with Crippen LogP contribution < -0.4 is 14.2 Å². The van der Waals surface area contributed by atoms with Crippen LogP contribution >= 0.6 is 0 Å². The van der Waals surface area contributed by atoms with Crippen molar-refractivity contribution in [1.29, 1.82) is 0 Å². The second-order valence-corrected chi connectivity index (χ2v) is 9.63. The molecule has 206 valence electrons. The molecule has 8 nitrogen and oxygen atoms in total. The third-order valence-electron chi connectivity index (χ3n) is 7.50. The van der Waals surface area contributed by atoms with E-state index in [1.165, 1.54) is 14.2 Å². The summed E-state index contributed by atoms with van der Waals surface area (Å²) in [7, 11) is 4.64. The number of nitrogens with one attached hydrogen (secondary N) is 1. The van der Waals surface area contributed by atoms with Crippen LogP contribution in [0.25, 0.3) is 16.7 Å². The number of aliphatic hydroxyl groups is 1. The van der Waals surface area contributed by atoms with Crippen molar-refractivity contribution in [2.24, 2.45) is 0 Å². The van der Waals surface area contributed by atoms with Gasteiger partial charge in [0, 0.05) is 29.2 Å². The van der Waals surface area contributed by atoms with Crippen LogP contribution in [0.3, 0.4) is 0 Å². The molecule has 1 atom stereocenters. The van der Waals surface area contributed by atoms with E-state index < -0.39 is 17.7 Å². The predicted octanol–water partition coefficient (Wildman–Crippen LogP) is 5.42. The van der Waals surface area contributed by atoms with Gasteiger partial charge >= 0.3 is 0 Å². The van der Waals surface area contributed by atoms with Crippen LogP contribution in [-0.4, -0.2) is 54.6 Å². The number of hydrogen-bond donors (Lipinski definition) is 2. The van der Waals surface area contributed by atoms with Crippen LogP contribution in [0.2, 0.25) is 0 Å². The maximum atomic E-state index is 13.5. The van der Waals surface area contributed by atoms with Crippen LogP contribution in [0, 0.1) is 0 Å². The van der Waals surface area contributed by atoms with Gasteiger partial charge in [-0.2, -0.15) is 0 Å². The summed E-state index contributed by atoms with van der Waals surface area (Å²) >= 11 is 0. The molecule has 1 amide bonds. The summed E-state index contributed by atoms with van der Waals surface area (Å²) < 4.78 is 16.1. The number of fused-ring (bicyclic) bond motifs is 1. The van der Waals surface area contributed by atoms with Gasteiger partial charge in [0.25, 0.3) is 11.7 Å². The molecule has 4 aromatic rings. The molecule has 1 fully saturated rings. The molecule has 8 heteroatoms. The number of aliphatic hydroxyl groups excluding tert-OH is 1. The van der Waals surface area contributed by atoms with Gasteiger partial charge in [-0.05, 0) is 65.9 Å². The molecule has 5 rings (SSSR count). The van der Waals surface area contributed by atoms with E-state index in [2.05, 4.69) is 11.9 Å². The molecule has 0 saturated carbocycles. The first kappa shape index (κ1) is 26.9. The fourth-order valence-corrected chi connectivity index (χ4v) is 5.26. The van der Waals surface area contributed by atoms with E-state index in [0.717, 1.165) is 39.8 Å². The number of amides is 1. The number of benzene rings is 3. The minimum Gasteiger partial charge on any atom is -0.507 e. The van der Waals surface area contributed by atoms with Crippen molar-refractivity contribution in [3.8, 4) is 17.2 Å². The number of rotatable bonds is 9. The fourth-order valence-electron chi connectivity index (χ4n) is 5.26. The third kappa shape index (κ3) is 4.77. The Bertz CT molecular complexity index is 1600. The maximum Gasteiger partial charge on any atom is 0.295 e. The molecule has 2 N–H and O–H groups in total. The van der Waals surface area contributed by atoms with Crippen LogP contribution in [-0.2, 0) is 22.4 Å². The van der Waals surface area contributed by atoms with Crippen molar-refractivity contribution < 1.29 is 28.9 Å². The number of Topliss-reactive ketones (excluding diaryl/α,β-unsaturated/α-hetero) is 1. The topological polar surface area (TPSA) is 101 Å². The molecule has 0 radical (unpaired) electrons. The highest BCUT2D eigenvalue weighted by Crippen LogP contribution is 2.41. The lowest BCUT2D eigenvalue weighted by molar-refractivity contribution is -0.139. The molecule has 1 saturated heterocycles. The Morgan fingerprint density at radius 1 is 0.925 bits per heavy atom. The van der Waals surface area contributed by atoms with Gasteiger partial charge < -0.3 is 29.2 Å². The van der Waals surface area contributed by atoms with E-state index >= 15 is 0 Å². The van der Waals surface area contributed by atoms with E-state index in [1.807, 2.05) is 48.7 Å². The number of aryl methyl sites for hydroxylation is 1. The lowest BCUT2D eigenvalue weighted by Crippen LogP contribution is -2.31. The first-order chi connectivity index (χ1) is 19.4. The number of carbonyl (C=O) groups excluding carboxylic acids is 2. The lowest BCUT2D eigenvalue weighted by Gasteiger charge is -2.25. The van der Waals surface area contributed by atoms with Crippen molar-refractivity contribution >= 4 is 28.4 Å². The number of nitrogens with zero attached hydrogens (tertiary/aromatic N) is 1. The zero-order valence-electron chi connectivity index (χ0n) is 23.0. The number of methoxy groups -OCH3 is 3. The Morgan fingerprint density at radius 3 is 2.35 bits per heavy atom. The number of ether oxygens (including phenoxy) is 3. The molecule has 0 bridgehead atoms. The Hall–Kier alpha value is -4.72. The standard InChI is InChI=1S/C32H32N2O6/c1-5-19-6-8-20(9-7-19)29-28(30(35)21-10-13-26(39-3)27(16-21)40-4)31(36)32(37)34(29)15-14-22-18-33-25-12-11-23(38-2)17-24(22)25/h6-13,16-18,29,33,35H,5,14-15H2,1-4H3/t29-/m1/s1. The third-order valence-corrected chi connectivity index (χ3v) is 7.50. The van der Waals surface area contributed by atoms with Gasteiger partial charge in [0.05, 0.1) is 32.9 Å². The second-order valence-electron chi connectivity index (χ2n) is 9.63. The van der Waals surface area contributed by atoms with Crippen LogP contribution in [0.15, 0.2) is 72.4 Å². The van der Waals surface area contributed by atoms with E-state index in [0.29, 0.717) is 23.5 Å². The number of aromatic nitrogens is 1. The van der Waals surface area contributed by atoms with Crippen LogP contribution in [0.1, 0.15) is 35.2 Å². The lowest BCUT2D eigenvalue weighted by atomic mass is 9.94. The summed E-state index contributed by atoms with van der Waals surface area (Å²) in [6.07, 6.45) is 3.27. The number of ketones is 1. The van der Waals surface area contributed by atoms with Crippen molar-refractivity contribution in [1.82, 2.24) is 9.88 Å². The molecule has 0 spiro atoms. The molecule has 1 aliphatic rings. The quantitative estimate of drug-likeness (QED) is 0.167. The van der Waals surface area contributed by atoms with E-state index in [4.69, 9.17) is 14.2 Å². The minimum absolute atomic E-state index is 0.0436. The Labute approximate surface area is 232 Å². The second kappa shape index (κ2) is 11.2. The first-order valence-corrected chi connectivity index (χ1v) is 13.1. The molecular weight excluding hydrogens is 508 g/mol. The zero-order valence-corrected chi connectivity index (χ0v) is 23.0. The predicted molar refractivity (Wildman–Crippen MR) is 153 cm³/mol. The molecule has 0 aliphatic carbocycles. The monoisotopic (exact) mass is 540 g/mol. The van der Waals surface area contributed by atoms with E-state index in [9.17, 15) is 14.7 Å². The van der Waals surface area contributed by atoms with Gasteiger partial charge in [-0.25, -0.2) is 0 Å². The molecule has 2 heterocycles. The molecule has 1 aliphatic heterocycles. The van der Waals surface area contributed by atoms with Crippen LogP contribution in [0.4, 0.5) is 0 Å². The zero-order chi connectivity index (χ0) is 28.4. The Morgan fingerprint density at radius 2 is 1.68 bits per heavy atom. The first-order valence-electron chi connectivity index (χ1n) is 13.1. The smallest absolute Gasteiger partial charge is 0.295 e. The van der Waals surface area contributed by atoms with Gasteiger partial charge in [0.15, 0.2) is 11.5 Å². The SMILES string of the molecule is CCc1ccc([C@@H]2C(=C(O)c3ccc(OC)c(OC)c3)C(=O)C(=O)N2CCc2c[nH]c3ccc(OC)cc23)cc1. The molecule has 0 unspecified atom stereocenters. The number of H-pyrrole nitrogens is 1. The number of likely N-dealkylation sites (tertiary alicyclic amines) is 1. The number of hydrogen-bond acceptors (Lipinski definition) is 6. The molecule has 40 heavy (non-hydrogen) atoms.